The molecular weight excluding hydrogens is 334 g/mol. The average molecular weight is 353 g/mol. The van der Waals surface area contributed by atoms with Gasteiger partial charge in [-0.15, -0.1) is 0 Å². The SMILES string of the molecule is COC(=O)C1=C(Nc2ccc(OC)cc2)C(=O)OC1c1ccc(C)cc1. The highest BCUT2D eigenvalue weighted by Crippen LogP contribution is 2.36. The van der Waals surface area contributed by atoms with E-state index in [9.17, 15) is 9.59 Å². The number of benzene rings is 2. The molecule has 134 valence electrons. The van der Waals surface area contributed by atoms with Crippen LogP contribution in [0.2, 0.25) is 0 Å². The van der Waals surface area contributed by atoms with Gasteiger partial charge in [0.15, 0.2) is 6.10 Å². The summed E-state index contributed by atoms with van der Waals surface area (Å²) in [5.74, 6) is -0.534. The van der Waals surface area contributed by atoms with Crippen LogP contribution in [0.1, 0.15) is 17.2 Å². The monoisotopic (exact) mass is 353 g/mol. The van der Waals surface area contributed by atoms with Gasteiger partial charge in [-0.25, -0.2) is 9.59 Å². The topological polar surface area (TPSA) is 73.9 Å². The van der Waals surface area contributed by atoms with Gasteiger partial charge in [-0.2, -0.15) is 0 Å². The summed E-state index contributed by atoms with van der Waals surface area (Å²) in [7, 11) is 2.84. The van der Waals surface area contributed by atoms with Crippen LogP contribution in [0.5, 0.6) is 5.75 Å². The summed E-state index contributed by atoms with van der Waals surface area (Å²) in [5, 5.41) is 2.97. The molecule has 6 heteroatoms. The first-order valence-corrected chi connectivity index (χ1v) is 8.04. The highest BCUT2D eigenvalue weighted by Gasteiger charge is 2.40. The molecule has 0 spiro atoms. The van der Waals surface area contributed by atoms with E-state index < -0.39 is 18.0 Å². The van der Waals surface area contributed by atoms with Crippen LogP contribution in [0.4, 0.5) is 5.69 Å². The van der Waals surface area contributed by atoms with Crippen molar-refractivity contribution in [3.05, 3.63) is 70.9 Å². The van der Waals surface area contributed by atoms with Crippen LogP contribution in [0.15, 0.2) is 59.8 Å². The third kappa shape index (κ3) is 3.39. The minimum atomic E-state index is -0.809. The number of cyclic esters (lactones) is 1. The Bertz CT molecular complexity index is 853. The van der Waals surface area contributed by atoms with Crippen molar-refractivity contribution in [2.75, 3.05) is 19.5 Å². The van der Waals surface area contributed by atoms with Crippen LogP contribution in [0.25, 0.3) is 0 Å². The molecule has 0 saturated carbocycles. The number of esters is 2. The minimum Gasteiger partial charge on any atom is -0.497 e. The first-order chi connectivity index (χ1) is 12.5. The Morgan fingerprint density at radius 1 is 1.04 bits per heavy atom. The number of ether oxygens (including phenoxy) is 3. The summed E-state index contributed by atoms with van der Waals surface area (Å²) in [5.41, 5.74) is 2.63. The molecule has 0 amide bonds. The fourth-order valence-electron chi connectivity index (χ4n) is 2.70. The fourth-order valence-corrected chi connectivity index (χ4v) is 2.70. The zero-order chi connectivity index (χ0) is 18.7. The van der Waals surface area contributed by atoms with Gasteiger partial charge in [0, 0.05) is 5.69 Å². The molecule has 0 aromatic heterocycles. The lowest BCUT2D eigenvalue weighted by Crippen LogP contribution is -2.14. The van der Waals surface area contributed by atoms with E-state index in [1.807, 2.05) is 31.2 Å². The van der Waals surface area contributed by atoms with Crippen LogP contribution in [0.3, 0.4) is 0 Å². The molecule has 2 aromatic carbocycles. The van der Waals surface area contributed by atoms with E-state index in [4.69, 9.17) is 14.2 Å². The highest BCUT2D eigenvalue weighted by atomic mass is 16.6. The van der Waals surface area contributed by atoms with E-state index in [0.717, 1.165) is 5.56 Å². The van der Waals surface area contributed by atoms with Crippen LogP contribution < -0.4 is 10.1 Å². The van der Waals surface area contributed by atoms with Crippen molar-refractivity contribution in [2.24, 2.45) is 0 Å². The van der Waals surface area contributed by atoms with Crippen LogP contribution in [-0.4, -0.2) is 26.2 Å². The van der Waals surface area contributed by atoms with Gasteiger partial charge < -0.3 is 19.5 Å². The Morgan fingerprint density at radius 3 is 2.27 bits per heavy atom. The molecule has 26 heavy (non-hydrogen) atoms. The molecule has 1 unspecified atom stereocenters. The number of hydrogen-bond donors (Lipinski definition) is 1. The van der Waals surface area contributed by atoms with Crippen molar-refractivity contribution in [3.63, 3.8) is 0 Å². The molecule has 1 aliphatic heterocycles. The van der Waals surface area contributed by atoms with E-state index in [1.165, 1.54) is 7.11 Å². The largest absolute Gasteiger partial charge is 0.497 e. The number of carbonyl (C=O) groups excluding carboxylic acids is 2. The van der Waals surface area contributed by atoms with Crippen molar-refractivity contribution in [3.8, 4) is 5.75 Å². The molecule has 0 radical (unpaired) electrons. The maximum Gasteiger partial charge on any atom is 0.356 e. The van der Waals surface area contributed by atoms with Gasteiger partial charge >= 0.3 is 11.9 Å². The molecule has 1 N–H and O–H groups in total. The molecule has 6 nitrogen and oxygen atoms in total. The number of aryl methyl sites for hydroxylation is 1. The van der Waals surface area contributed by atoms with Gasteiger partial charge in [-0.1, -0.05) is 29.8 Å². The lowest BCUT2D eigenvalue weighted by atomic mass is 10.0. The van der Waals surface area contributed by atoms with Gasteiger partial charge in [-0.3, -0.25) is 0 Å². The van der Waals surface area contributed by atoms with Crippen LogP contribution >= 0.6 is 0 Å². The summed E-state index contributed by atoms with van der Waals surface area (Å²) in [6.45, 7) is 1.96. The lowest BCUT2D eigenvalue weighted by Gasteiger charge is -2.13. The molecule has 0 saturated heterocycles. The second-order valence-corrected chi connectivity index (χ2v) is 5.83. The van der Waals surface area contributed by atoms with Crippen molar-refractivity contribution < 1.29 is 23.8 Å². The van der Waals surface area contributed by atoms with Gasteiger partial charge in [0.2, 0.25) is 0 Å². The summed E-state index contributed by atoms with van der Waals surface area (Å²) in [4.78, 5) is 24.7. The number of carbonyl (C=O) groups is 2. The molecule has 3 rings (SSSR count). The molecule has 1 heterocycles. The first-order valence-electron chi connectivity index (χ1n) is 8.04. The predicted molar refractivity (Wildman–Crippen MR) is 95.7 cm³/mol. The Balaban J connectivity index is 1.99. The van der Waals surface area contributed by atoms with E-state index >= 15 is 0 Å². The second-order valence-electron chi connectivity index (χ2n) is 5.83. The Kier molecular flexibility index (Phi) is 4.93. The summed E-state index contributed by atoms with van der Waals surface area (Å²) >= 11 is 0. The van der Waals surface area contributed by atoms with E-state index in [-0.39, 0.29) is 11.3 Å². The number of hydrogen-bond acceptors (Lipinski definition) is 6. The molecule has 0 aliphatic carbocycles. The number of methoxy groups -OCH3 is 2. The number of rotatable bonds is 5. The molecule has 1 atom stereocenters. The maximum atomic E-state index is 12.4. The summed E-state index contributed by atoms with van der Waals surface area (Å²) in [6, 6.07) is 14.4. The first kappa shape index (κ1) is 17.5. The molecule has 1 aliphatic rings. The lowest BCUT2D eigenvalue weighted by molar-refractivity contribution is -0.141. The summed E-state index contributed by atoms with van der Waals surface area (Å²) < 4.78 is 15.4. The average Bonchev–Trinajstić information content (AvgIpc) is 2.98. The zero-order valence-corrected chi connectivity index (χ0v) is 14.7. The van der Waals surface area contributed by atoms with Gasteiger partial charge in [0.05, 0.1) is 14.2 Å². The molecular formula is C20H19NO5. The zero-order valence-electron chi connectivity index (χ0n) is 14.7. The van der Waals surface area contributed by atoms with Crippen LogP contribution in [0, 0.1) is 6.92 Å². The molecule has 0 fully saturated rings. The van der Waals surface area contributed by atoms with Crippen LogP contribution in [-0.2, 0) is 19.1 Å². The molecule has 2 aromatic rings. The predicted octanol–water partition coefficient (Wildman–Crippen LogP) is 3.14. The van der Waals surface area contributed by atoms with Crippen molar-refractivity contribution in [2.45, 2.75) is 13.0 Å². The molecule has 0 bridgehead atoms. The number of anilines is 1. The normalized spacial score (nSPS) is 16.3. The Morgan fingerprint density at radius 2 is 1.69 bits per heavy atom. The third-order valence-electron chi connectivity index (χ3n) is 4.11. The maximum absolute atomic E-state index is 12.4. The quantitative estimate of drug-likeness (QED) is 0.833. The van der Waals surface area contributed by atoms with Gasteiger partial charge in [0.1, 0.15) is 17.0 Å². The fraction of sp³-hybridized carbons (Fsp3) is 0.200. The Hall–Kier alpha value is -3.28. The minimum absolute atomic E-state index is 0.0765. The standard InChI is InChI=1S/C20H19NO5/c1-12-4-6-13(7-5-12)18-16(19(22)25-3)17(20(23)26-18)21-14-8-10-15(24-2)11-9-14/h4-11,18,21H,1-3H3. The Labute approximate surface area is 151 Å². The smallest absolute Gasteiger partial charge is 0.356 e. The highest BCUT2D eigenvalue weighted by molar-refractivity contribution is 6.06. The van der Waals surface area contributed by atoms with Crippen molar-refractivity contribution >= 4 is 17.6 Å². The van der Waals surface area contributed by atoms with E-state index in [2.05, 4.69) is 5.32 Å². The van der Waals surface area contributed by atoms with Gasteiger partial charge in [-0.05, 0) is 36.8 Å². The number of nitrogens with one attached hydrogen (secondary N) is 1. The van der Waals surface area contributed by atoms with Gasteiger partial charge in [0.25, 0.3) is 0 Å². The van der Waals surface area contributed by atoms with Crippen molar-refractivity contribution in [1.82, 2.24) is 0 Å². The summed E-state index contributed by atoms with van der Waals surface area (Å²) in [6.07, 6.45) is -0.809. The van der Waals surface area contributed by atoms with E-state index in [1.54, 1.807) is 31.4 Å². The van der Waals surface area contributed by atoms with E-state index in [0.29, 0.717) is 17.0 Å². The van der Waals surface area contributed by atoms with Crippen molar-refractivity contribution in [1.29, 1.82) is 0 Å². The third-order valence-corrected chi connectivity index (χ3v) is 4.11. The second kappa shape index (κ2) is 7.31.